The van der Waals surface area contributed by atoms with Crippen LogP contribution in [0.4, 0.5) is 0 Å². The molecular weight excluding hydrogens is 371 g/mol. The number of likely N-dealkylation sites (tertiary alicyclic amines) is 1. The molecule has 0 aromatic carbocycles. The second kappa shape index (κ2) is 7.04. The van der Waals surface area contributed by atoms with E-state index in [0.29, 0.717) is 0 Å². The van der Waals surface area contributed by atoms with Gasteiger partial charge < -0.3 is 34.3 Å². The molecule has 2 atom stereocenters. The second-order valence-corrected chi connectivity index (χ2v) is 8.13. The van der Waals surface area contributed by atoms with Crippen LogP contribution in [0, 0.1) is 0 Å². The van der Waals surface area contributed by atoms with Gasteiger partial charge in [-0.1, -0.05) is 0 Å². The molecule has 1 fully saturated rings. The highest BCUT2D eigenvalue weighted by Crippen LogP contribution is 2.47. The van der Waals surface area contributed by atoms with Crippen molar-refractivity contribution in [3.05, 3.63) is 0 Å². The van der Waals surface area contributed by atoms with Crippen LogP contribution in [0.1, 0.15) is 0 Å². The summed E-state index contributed by atoms with van der Waals surface area (Å²) in [4.78, 5) is 54.3. The van der Waals surface area contributed by atoms with Crippen molar-refractivity contribution < 1.29 is 56.6 Å². The molecule has 6 N–H and O–H groups in total. The van der Waals surface area contributed by atoms with Crippen molar-refractivity contribution in [1.29, 1.82) is 0 Å². The van der Waals surface area contributed by atoms with Crippen LogP contribution in [0.2, 0.25) is 0 Å². The van der Waals surface area contributed by atoms with E-state index >= 15 is 0 Å². The fourth-order valence-electron chi connectivity index (χ4n) is 1.97. The smallest absolute Gasteiger partial charge is 0.303 e. The first kappa shape index (κ1) is 20.3. The van der Waals surface area contributed by atoms with Gasteiger partial charge in [0.15, 0.2) is 0 Å². The summed E-state index contributed by atoms with van der Waals surface area (Å²) in [6.07, 6.45) is -5.00. The Morgan fingerprint density at radius 2 is 1.09 bits per heavy atom. The molecule has 0 aromatic heterocycles. The summed E-state index contributed by atoms with van der Waals surface area (Å²) < 4.78 is 45.9. The average Bonchev–Trinajstić information content (AvgIpc) is 2.16. The summed E-state index contributed by atoms with van der Waals surface area (Å²) in [5, 5.41) is 0. The summed E-state index contributed by atoms with van der Waals surface area (Å²) in [5.74, 6) is 0. The van der Waals surface area contributed by atoms with Gasteiger partial charge in [0.25, 0.3) is 0 Å². The molecule has 1 heterocycles. The van der Waals surface area contributed by atoms with Crippen molar-refractivity contribution in [2.45, 2.75) is 18.3 Å². The quantitative estimate of drug-likeness (QED) is 0.284. The highest BCUT2D eigenvalue weighted by atomic mass is 31.2. The molecule has 0 unspecified atom stereocenters. The highest BCUT2D eigenvalue weighted by Gasteiger charge is 2.46. The Balaban J connectivity index is 3.07. The van der Waals surface area contributed by atoms with Crippen LogP contribution in [0.5, 0.6) is 0 Å². The standard InChI is InChI=1S/C6H16NO12P3/c1-7-2-4(17-20(8,9)10)6(19-22(14,15)16)5(3-7)18-21(11,12)13/h4-6H,2-3H2,1H3,(H2,8,9,10)(H2,11,12,13)(H2,14,15,16)/t4-,5-/m1/s1. The van der Waals surface area contributed by atoms with Crippen LogP contribution in [0.3, 0.4) is 0 Å². The third-order valence-electron chi connectivity index (χ3n) is 2.52. The van der Waals surface area contributed by atoms with Gasteiger partial charge in [0.05, 0.1) is 0 Å². The van der Waals surface area contributed by atoms with Crippen LogP contribution < -0.4 is 0 Å². The van der Waals surface area contributed by atoms with Crippen LogP contribution in [-0.2, 0) is 27.3 Å². The summed E-state index contributed by atoms with van der Waals surface area (Å²) in [6, 6.07) is 0. The number of hydrogen-bond acceptors (Lipinski definition) is 7. The zero-order chi connectivity index (χ0) is 17.3. The lowest BCUT2D eigenvalue weighted by Gasteiger charge is -2.40. The first-order valence-electron chi connectivity index (χ1n) is 5.57. The van der Waals surface area contributed by atoms with E-state index in [-0.39, 0.29) is 13.1 Å². The minimum atomic E-state index is -5.14. The Morgan fingerprint density at radius 1 is 0.773 bits per heavy atom. The fraction of sp³-hybridized carbons (Fsp3) is 1.00. The zero-order valence-electron chi connectivity index (χ0n) is 11.1. The maximum Gasteiger partial charge on any atom is 0.470 e. The maximum absolute atomic E-state index is 11.0. The van der Waals surface area contributed by atoms with Crippen molar-refractivity contribution in [3.63, 3.8) is 0 Å². The van der Waals surface area contributed by atoms with Gasteiger partial charge >= 0.3 is 23.5 Å². The molecule has 0 radical (unpaired) electrons. The van der Waals surface area contributed by atoms with Gasteiger partial charge in [-0.25, -0.2) is 13.7 Å². The van der Waals surface area contributed by atoms with E-state index in [1.165, 1.54) is 11.9 Å². The van der Waals surface area contributed by atoms with Crippen molar-refractivity contribution in [1.82, 2.24) is 4.90 Å². The van der Waals surface area contributed by atoms with Gasteiger partial charge in [-0.3, -0.25) is 13.6 Å². The lowest BCUT2D eigenvalue weighted by atomic mass is 10.0. The molecule has 1 aliphatic heterocycles. The third kappa shape index (κ3) is 7.71. The van der Waals surface area contributed by atoms with E-state index in [4.69, 9.17) is 29.4 Å². The van der Waals surface area contributed by atoms with Crippen LogP contribution in [0.15, 0.2) is 0 Å². The van der Waals surface area contributed by atoms with E-state index in [0.717, 1.165) is 0 Å². The van der Waals surface area contributed by atoms with E-state index in [2.05, 4.69) is 13.6 Å². The minimum Gasteiger partial charge on any atom is -0.303 e. The summed E-state index contributed by atoms with van der Waals surface area (Å²) >= 11 is 0. The number of piperidine rings is 1. The van der Waals surface area contributed by atoms with Gasteiger partial charge in [-0.15, -0.1) is 0 Å². The summed E-state index contributed by atoms with van der Waals surface area (Å²) in [6.45, 7) is -0.451. The molecule has 1 saturated heterocycles. The SMILES string of the molecule is CN1C[C@@H](OP(=O)(O)O)C(OP(=O)(O)O)[C@H](OP(=O)(O)O)C1. The van der Waals surface area contributed by atoms with Crippen LogP contribution >= 0.6 is 23.5 Å². The van der Waals surface area contributed by atoms with Crippen molar-refractivity contribution in [2.75, 3.05) is 20.1 Å². The molecule has 13 nitrogen and oxygen atoms in total. The molecule has 0 spiro atoms. The number of rotatable bonds is 6. The van der Waals surface area contributed by atoms with Crippen molar-refractivity contribution in [3.8, 4) is 0 Å². The van der Waals surface area contributed by atoms with Crippen molar-refractivity contribution >= 4 is 23.5 Å². The molecule has 16 heteroatoms. The molecule has 22 heavy (non-hydrogen) atoms. The third-order valence-corrected chi connectivity index (χ3v) is 4.13. The molecule has 132 valence electrons. The molecule has 1 aliphatic rings. The molecule has 1 rings (SSSR count). The number of hydrogen-bond donors (Lipinski definition) is 6. The average molecular weight is 387 g/mol. The first-order valence-corrected chi connectivity index (χ1v) is 10.2. The van der Waals surface area contributed by atoms with E-state index in [1.807, 2.05) is 0 Å². The van der Waals surface area contributed by atoms with Gasteiger partial charge in [0.2, 0.25) is 0 Å². The highest BCUT2D eigenvalue weighted by molar-refractivity contribution is 7.47. The fourth-order valence-corrected chi connectivity index (χ4v) is 3.64. The predicted octanol–water partition coefficient (Wildman–Crippen LogP) is -1.63. The first-order chi connectivity index (χ1) is 9.66. The number of phosphoric ester groups is 3. The topological polar surface area (TPSA) is 204 Å². The Bertz CT molecular complexity index is 487. The monoisotopic (exact) mass is 387 g/mol. The van der Waals surface area contributed by atoms with Gasteiger partial charge in [0.1, 0.15) is 18.3 Å². The van der Waals surface area contributed by atoms with Crippen molar-refractivity contribution in [2.24, 2.45) is 0 Å². The normalized spacial score (nSPS) is 26.3. The maximum atomic E-state index is 11.0. The summed E-state index contributed by atoms with van der Waals surface area (Å²) in [7, 11) is -13.8. The molecule has 0 aliphatic carbocycles. The Labute approximate surface area is 124 Å². The van der Waals surface area contributed by atoms with Crippen LogP contribution in [-0.4, -0.2) is 72.7 Å². The molecule has 0 amide bonds. The minimum absolute atomic E-state index is 0.225. The van der Waals surface area contributed by atoms with E-state index in [9.17, 15) is 13.7 Å². The second-order valence-electron chi connectivity index (χ2n) is 4.55. The predicted molar refractivity (Wildman–Crippen MR) is 68.2 cm³/mol. The lowest BCUT2D eigenvalue weighted by molar-refractivity contribution is -0.0939. The largest absolute Gasteiger partial charge is 0.470 e. The van der Waals surface area contributed by atoms with E-state index < -0.39 is 41.8 Å². The van der Waals surface area contributed by atoms with E-state index in [1.54, 1.807) is 0 Å². The Morgan fingerprint density at radius 3 is 1.36 bits per heavy atom. The van der Waals surface area contributed by atoms with Crippen LogP contribution in [0.25, 0.3) is 0 Å². The molecular formula is C6H16NO12P3. The molecule has 0 bridgehead atoms. The molecule has 0 aromatic rings. The lowest BCUT2D eigenvalue weighted by Crippen LogP contribution is -2.56. The van der Waals surface area contributed by atoms with Gasteiger partial charge in [-0.05, 0) is 7.05 Å². The Kier molecular flexibility index (Phi) is 6.51. The summed E-state index contributed by atoms with van der Waals surface area (Å²) in [5.41, 5.74) is 0. The zero-order valence-corrected chi connectivity index (χ0v) is 13.8. The Hall–Kier alpha value is 0.290. The van der Waals surface area contributed by atoms with Gasteiger partial charge in [-0.2, -0.15) is 0 Å². The number of phosphoric acid groups is 3. The molecule has 0 saturated carbocycles. The number of nitrogens with zero attached hydrogens (tertiary/aromatic N) is 1. The number of likely N-dealkylation sites (N-methyl/N-ethyl adjacent to an activating group) is 1. The van der Waals surface area contributed by atoms with Gasteiger partial charge in [0, 0.05) is 13.1 Å².